The second kappa shape index (κ2) is 6.87. The number of fused-ring (bicyclic) bond motifs is 3. The van der Waals surface area contributed by atoms with Crippen LogP contribution in [0.1, 0.15) is 5.56 Å². The summed E-state index contributed by atoms with van der Waals surface area (Å²) in [5.41, 5.74) is 3.67. The molecule has 0 fully saturated rings. The topological polar surface area (TPSA) is 97.9 Å². The number of alkyl halides is 2. The third-order valence-corrected chi connectivity index (χ3v) is 4.28. The molecule has 1 amide bonds. The summed E-state index contributed by atoms with van der Waals surface area (Å²) in [6, 6.07) is 6.95. The van der Waals surface area contributed by atoms with E-state index in [4.69, 9.17) is 4.42 Å². The van der Waals surface area contributed by atoms with Crippen LogP contribution in [0.4, 0.5) is 14.6 Å². The first-order chi connectivity index (χ1) is 13.5. The molecule has 0 bridgehead atoms. The number of oxazole rings is 1. The Hall–Kier alpha value is -3.56. The Labute approximate surface area is 157 Å². The lowest BCUT2D eigenvalue weighted by atomic mass is 10.1. The van der Waals surface area contributed by atoms with Crippen molar-refractivity contribution >= 4 is 34.0 Å². The van der Waals surface area contributed by atoms with Crippen molar-refractivity contribution in [2.24, 2.45) is 7.05 Å². The number of carbonyl (C=O) groups is 1. The molecule has 0 saturated heterocycles. The van der Waals surface area contributed by atoms with E-state index < -0.39 is 12.3 Å². The van der Waals surface area contributed by atoms with E-state index in [1.54, 1.807) is 37.6 Å². The first-order valence-electron chi connectivity index (χ1n) is 8.42. The molecule has 8 nitrogen and oxygen atoms in total. The molecular formula is C18H16F2N6O2. The van der Waals surface area contributed by atoms with E-state index >= 15 is 0 Å². The second-order valence-electron chi connectivity index (χ2n) is 6.15. The molecule has 4 aromatic rings. The Bertz CT molecular complexity index is 1180. The number of amides is 1. The highest BCUT2D eigenvalue weighted by Gasteiger charge is 2.19. The van der Waals surface area contributed by atoms with Crippen molar-refractivity contribution in [2.45, 2.75) is 13.0 Å². The Balaban J connectivity index is 1.74. The SMILES string of the molecule is CNc1nc2oc(-c3cccc(CNC(=O)C(F)F)c3)nc2c2c1ncn2C. The quantitative estimate of drug-likeness (QED) is 0.547. The van der Waals surface area contributed by atoms with Crippen LogP contribution in [0.25, 0.3) is 33.7 Å². The molecule has 3 heterocycles. The fourth-order valence-electron chi connectivity index (χ4n) is 2.96. The second-order valence-corrected chi connectivity index (χ2v) is 6.15. The number of pyridine rings is 1. The van der Waals surface area contributed by atoms with Crippen LogP contribution in [0.3, 0.4) is 0 Å². The van der Waals surface area contributed by atoms with Crippen LogP contribution in [-0.4, -0.2) is 38.9 Å². The molecular weight excluding hydrogens is 370 g/mol. The van der Waals surface area contributed by atoms with Gasteiger partial charge in [-0.25, -0.2) is 9.97 Å². The lowest BCUT2D eigenvalue weighted by Crippen LogP contribution is -2.28. The number of nitrogens with zero attached hydrogens (tertiary/aromatic N) is 4. The molecule has 0 spiro atoms. The average Bonchev–Trinajstić information content (AvgIpc) is 3.29. The maximum Gasteiger partial charge on any atom is 0.315 e. The van der Waals surface area contributed by atoms with Gasteiger partial charge >= 0.3 is 6.43 Å². The summed E-state index contributed by atoms with van der Waals surface area (Å²) in [5.74, 6) is -0.399. The van der Waals surface area contributed by atoms with Crippen LogP contribution >= 0.6 is 0 Å². The Morgan fingerprint density at radius 3 is 2.86 bits per heavy atom. The van der Waals surface area contributed by atoms with E-state index in [0.717, 1.165) is 5.52 Å². The first-order valence-corrected chi connectivity index (χ1v) is 8.42. The number of halogens is 2. The minimum atomic E-state index is -3.05. The molecule has 0 aliphatic rings. The molecule has 0 radical (unpaired) electrons. The largest absolute Gasteiger partial charge is 0.418 e. The van der Waals surface area contributed by atoms with Gasteiger partial charge in [0.15, 0.2) is 11.3 Å². The summed E-state index contributed by atoms with van der Waals surface area (Å²) >= 11 is 0. The van der Waals surface area contributed by atoms with Crippen LogP contribution < -0.4 is 10.6 Å². The molecule has 2 N–H and O–H groups in total. The molecule has 4 rings (SSSR count). The van der Waals surface area contributed by atoms with Gasteiger partial charge in [0.25, 0.3) is 11.6 Å². The maximum absolute atomic E-state index is 12.3. The highest BCUT2D eigenvalue weighted by molar-refractivity contribution is 6.03. The molecule has 0 aliphatic heterocycles. The van der Waals surface area contributed by atoms with Crippen LogP contribution in [0.2, 0.25) is 0 Å². The number of aromatic nitrogens is 4. The fraction of sp³-hybridized carbons (Fsp3) is 0.222. The highest BCUT2D eigenvalue weighted by Crippen LogP contribution is 2.31. The van der Waals surface area contributed by atoms with E-state index in [1.165, 1.54) is 0 Å². The van der Waals surface area contributed by atoms with Crippen LogP contribution in [-0.2, 0) is 18.4 Å². The number of nitrogens with one attached hydrogen (secondary N) is 2. The lowest BCUT2D eigenvalue weighted by molar-refractivity contribution is -0.131. The number of benzene rings is 1. The Morgan fingerprint density at radius 2 is 2.11 bits per heavy atom. The van der Waals surface area contributed by atoms with Gasteiger partial charge in [-0.3, -0.25) is 4.79 Å². The molecule has 0 saturated carbocycles. The summed E-state index contributed by atoms with van der Waals surface area (Å²) in [7, 11) is 3.60. The zero-order valence-corrected chi connectivity index (χ0v) is 15.0. The molecule has 3 aromatic heterocycles. The summed E-state index contributed by atoms with van der Waals surface area (Å²) < 4.78 is 32.3. The van der Waals surface area contributed by atoms with Gasteiger partial charge in [0.2, 0.25) is 5.89 Å². The molecule has 0 unspecified atom stereocenters. The van der Waals surface area contributed by atoms with Gasteiger partial charge in [-0.05, 0) is 17.7 Å². The van der Waals surface area contributed by atoms with Crippen molar-refractivity contribution < 1.29 is 18.0 Å². The van der Waals surface area contributed by atoms with Crippen molar-refractivity contribution in [2.75, 3.05) is 12.4 Å². The van der Waals surface area contributed by atoms with E-state index in [0.29, 0.717) is 39.6 Å². The standard InChI is InChI=1S/C18H16F2N6O2/c1-21-15-11-13(26(2)8-23-11)12-18(25-15)28-17(24-12)10-5-3-4-9(6-10)7-22-16(27)14(19)20/h3-6,8,14H,7H2,1-2H3,(H,21,25)(H,22,27). The average molecular weight is 386 g/mol. The van der Waals surface area contributed by atoms with Crippen LogP contribution in [0, 0.1) is 0 Å². The number of rotatable bonds is 5. The summed E-state index contributed by atoms with van der Waals surface area (Å²) in [5, 5.41) is 5.17. The van der Waals surface area contributed by atoms with E-state index in [2.05, 4.69) is 25.6 Å². The van der Waals surface area contributed by atoms with E-state index in [-0.39, 0.29) is 6.54 Å². The molecule has 0 atom stereocenters. The van der Waals surface area contributed by atoms with Gasteiger partial charge in [-0.15, -0.1) is 0 Å². The smallest absolute Gasteiger partial charge is 0.315 e. The van der Waals surface area contributed by atoms with Gasteiger partial charge in [0.05, 0.1) is 6.33 Å². The van der Waals surface area contributed by atoms with Crippen molar-refractivity contribution in [3.8, 4) is 11.5 Å². The maximum atomic E-state index is 12.3. The summed E-state index contributed by atoms with van der Waals surface area (Å²) in [4.78, 5) is 24.4. The predicted octanol–water partition coefficient (Wildman–Crippen LogP) is 2.70. The van der Waals surface area contributed by atoms with Gasteiger partial charge in [-0.2, -0.15) is 13.8 Å². The van der Waals surface area contributed by atoms with Crippen molar-refractivity contribution in [3.63, 3.8) is 0 Å². The minimum Gasteiger partial charge on any atom is -0.418 e. The number of aryl methyl sites for hydroxylation is 1. The normalized spacial score (nSPS) is 11.5. The highest BCUT2D eigenvalue weighted by atomic mass is 19.3. The van der Waals surface area contributed by atoms with Gasteiger partial charge in [0.1, 0.15) is 11.0 Å². The van der Waals surface area contributed by atoms with E-state index in [1.807, 2.05) is 11.6 Å². The molecule has 0 aliphatic carbocycles. The van der Waals surface area contributed by atoms with Crippen molar-refractivity contribution in [1.29, 1.82) is 0 Å². The number of imidazole rings is 1. The third-order valence-electron chi connectivity index (χ3n) is 4.28. The number of hydrogen-bond acceptors (Lipinski definition) is 6. The molecule has 28 heavy (non-hydrogen) atoms. The zero-order chi connectivity index (χ0) is 19.8. The Morgan fingerprint density at radius 1 is 1.29 bits per heavy atom. The van der Waals surface area contributed by atoms with Crippen LogP contribution in [0.15, 0.2) is 35.0 Å². The number of hydrogen-bond donors (Lipinski definition) is 2. The third kappa shape index (κ3) is 3.02. The number of anilines is 1. The van der Waals surface area contributed by atoms with Crippen molar-refractivity contribution in [3.05, 3.63) is 36.2 Å². The lowest BCUT2D eigenvalue weighted by Gasteiger charge is -2.05. The monoisotopic (exact) mass is 386 g/mol. The molecule has 10 heteroatoms. The van der Waals surface area contributed by atoms with Crippen molar-refractivity contribution in [1.82, 2.24) is 24.8 Å². The summed E-state index contributed by atoms with van der Waals surface area (Å²) in [6.45, 7) is -0.0224. The molecule has 144 valence electrons. The minimum absolute atomic E-state index is 0.0224. The van der Waals surface area contributed by atoms with Gasteiger partial charge in [0, 0.05) is 26.2 Å². The van der Waals surface area contributed by atoms with E-state index in [9.17, 15) is 13.6 Å². The summed E-state index contributed by atoms with van der Waals surface area (Å²) in [6.07, 6.45) is -1.37. The van der Waals surface area contributed by atoms with Gasteiger partial charge < -0.3 is 19.6 Å². The predicted molar refractivity (Wildman–Crippen MR) is 98.9 cm³/mol. The number of carbonyl (C=O) groups excluding carboxylic acids is 1. The van der Waals surface area contributed by atoms with Crippen LogP contribution in [0.5, 0.6) is 0 Å². The Kier molecular flexibility index (Phi) is 4.38. The zero-order valence-electron chi connectivity index (χ0n) is 15.0. The first kappa shape index (κ1) is 17.8. The van der Waals surface area contributed by atoms with Gasteiger partial charge in [-0.1, -0.05) is 12.1 Å². The molecule has 1 aromatic carbocycles. The fourth-order valence-corrected chi connectivity index (χ4v) is 2.96.